The van der Waals surface area contributed by atoms with Gasteiger partial charge < -0.3 is 4.74 Å². The van der Waals surface area contributed by atoms with Gasteiger partial charge in [0.1, 0.15) is 11.4 Å². The lowest BCUT2D eigenvalue weighted by Gasteiger charge is -2.62. The summed E-state index contributed by atoms with van der Waals surface area (Å²) >= 11 is 0. The van der Waals surface area contributed by atoms with Crippen LogP contribution in [0.4, 0.5) is 0 Å². The molecule has 90 valence electrons. The van der Waals surface area contributed by atoms with Crippen molar-refractivity contribution >= 4 is 11.8 Å². The molecule has 0 aromatic heterocycles. The lowest BCUT2D eigenvalue weighted by molar-refractivity contribution is -0.227. The van der Waals surface area contributed by atoms with Crippen molar-refractivity contribution in [2.75, 3.05) is 0 Å². The maximum atomic E-state index is 12.0. The Kier molecular flexibility index (Phi) is 1.83. The molecule has 2 aliphatic carbocycles. The Morgan fingerprint density at radius 1 is 1.41 bits per heavy atom. The van der Waals surface area contributed by atoms with E-state index < -0.39 is 22.9 Å². The first kappa shape index (κ1) is 10.8. The molecule has 5 atom stereocenters. The summed E-state index contributed by atoms with van der Waals surface area (Å²) in [6.45, 7) is 3.76. The number of carbonyl (C=O) groups excluding carboxylic acids is 2. The van der Waals surface area contributed by atoms with E-state index in [1.54, 1.807) is 0 Å². The van der Waals surface area contributed by atoms with Gasteiger partial charge >= 0.3 is 5.97 Å². The topological polar surface area (TPSA) is 67.2 Å². The molecular weight excluding hydrogens is 218 g/mol. The van der Waals surface area contributed by atoms with E-state index in [0.717, 1.165) is 12.8 Å². The van der Waals surface area contributed by atoms with Crippen LogP contribution in [-0.4, -0.2) is 17.4 Å². The number of esters is 1. The van der Waals surface area contributed by atoms with E-state index >= 15 is 0 Å². The third-order valence-corrected chi connectivity index (χ3v) is 5.39. The van der Waals surface area contributed by atoms with E-state index in [4.69, 9.17) is 10.00 Å². The summed E-state index contributed by atoms with van der Waals surface area (Å²) in [6.07, 6.45) is 2.38. The summed E-state index contributed by atoms with van der Waals surface area (Å²) < 4.78 is 5.46. The molecule has 3 fully saturated rings. The lowest BCUT2D eigenvalue weighted by Crippen LogP contribution is -2.70. The van der Waals surface area contributed by atoms with Crippen LogP contribution >= 0.6 is 0 Å². The molecule has 1 saturated heterocycles. The highest BCUT2D eigenvalue weighted by atomic mass is 16.6. The number of hydrogen-bond donors (Lipinski definition) is 0. The van der Waals surface area contributed by atoms with Crippen molar-refractivity contribution in [3.63, 3.8) is 0 Å². The van der Waals surface area contributed by atoms with Gasteiger partial charge in [0.05, 0.1) is 6.07 Å². The van der Waals surface area contributed by atoms with Crippen LogP contribution in [0.2, 0.25) is 0 Å². The predicted octanol–water partition coefficient (Wildman–Crippen LogP) is 1.45. The highest BCUT2D eigenvalue weighted by Crippen LogP contribution is 2.70. The number of nitriles is 1. The number of ketones is 1. The third-order valence-electron chi connectivity index (χ3n) is 5.39. The van der Waals surface area contributed by atoms with Crippen molar-refractivity contribution in [2.45, 2.75) is 38.7 Å². The predicted molar refractivity (Wildman–Crippen MR) is 57.5 cm³/mol. The van der Waals surface area contributed by atoms with Crippen molar-refractivity contribution in [1.29, 1.82) is 5.26 Å². The molecule has 0 amide bonds. The maximum Gasteiger partial charge on any atom is 0.324 e. The zero-order chi connectivity index (χ0) is 12.4. The minimum Gasteiger partial charge on any atom is -0.457 e. The molecule has 0 aromatic carbocycles. The first-order valence-electron chi connectivity index (χ1n) is 6.12. The van der Waals surface area contributed by atoms with E-state index in [0.29, 0.717) is 6.42 Å². The van der Waals surface area contributed by atoms with Gasteiger partial charge in [-0.05, 0) is 19.8 Å². The average molecular weight is 233 g/mol. The molecule has 3 aliphatic rings. The van der Waals surface area contributed by atoms with Crippen LogP contribution < -0.4 is 0 Å². The van der Waals surface area contributed by atoms with Crippen molar-refractivity contribution in [1.82, 2.24) is 0 Å². The van der Waals surface area contributed by atoms with Crippen molar-refractivity contribution in [3.05, 3.63) is 0 Å². The molecule has 17 heavy (non-hydrogen) atoms. The minimum absolute atomic E-state index is 0.121. The van der Waals surface area contributed by atoms with Crippen LogP contribution in [0.5, 0.6) is 0 Å². The van der Waals surface area contributed by atoms with Crippen LogP contribution in [0.15, 0.2) is 0 Å². The molecule has 3 rings (SSSR count). The number of ether oxygens (including phenoxy) is 1. The van der Waals surface area contributed by atoms with E-state index in [9.17, 15) is 9.59 Å². The first-order valence-corrected chi connectivity index (χ1v) is 6.12. The molecular formula is C13H15NO3. The number of rotatable bonds is 0. The molecule has 0 N–H and O–H groups in total. The SMILES string of the molecule is C[C@@]12[C@H](C#N)C(=O)O[C@@]1(C)[C@H]1CCCC(=O)[C@@H]12. The summed E-state index contributed by atoms with van der Waals surface area (Å²) in [7, 11) is 0. The molecule has 4 heteroatoms. The molecule has 4 nitrogen and oxygen atoms in total. The number of fused-ring (bicyclic) bond motifs is 4. The van der Waals surface area contributed by atoms with Gasteiger partial charge in [0, 0.05) is 23.7 Å². The summed E-state index contributed by atoms with van der Waals surface area (Å²) in [5, 5.41) is 9.15. The summed E-state index contributed by atoms with van der Waals surface area (Å²) in [6, 6.07) is 2.04. The highest BCUT2D eigenvalue weighted by Gasteiger charge is 2.79. The van der Waals surface area contributed by atoms with Gasteiger partial charge in [-0.2, -0.15) is 5.26 Å². The Morgan fingerprint density at radius 3 is 2.76 bits per heavy atom. The van der Waals surface area contributed by atoms with Crippen LogP contribution in [0.1, 0.15) is 33.1 Å². The Morgan fingerprint density at radius 2 is 2.12 bits per heavy atom. The second-order valence-corrected chi connectivity index (χ2v) is 5.82. The van der Waals surface area contributed by atoms with Gasteiger partial charge in [-0.25, -0.2) is 0 Å². The van der Waals surface area contributed by atoms with E-state index in [-0.39, 0.29) is 17.6 Å². The standard InChI is InChI=1S/C13H15NO3/c1-12-8(6-14)11(16)17-13(12,2)7-4-3-5-9(15)10(7)12/h7-8,10H,3-5H2,1-2H3/t7-,8+,10+,12-,13-/m0/s1. The van der Waals surface area contributed by atoms with Gasteiger partial charge in [0.25, 0.3) is 0 Å². The minimum atomic E-state index is -0.782. The second kappa shape index (κ2) is 2.90. The highest BCUT2D eigenvalue weighted by molar-refractivity contribution is 5.90. The van der Waals surface area contributed by atoms with Crippen molar-refractivity contribution in [2.24, 2.45) is 23.2 Å². The quantitative estimate of drug-likeness (QED) is 0.594. The zero-order valence-corrected chi connectivity index (χ0v) is 10.0. The molecule has 0 aromatic rings. The smallest absolute Gasteiger partial charge is 0.324 e. The van der Waals surface area contributed by atoms with Crippen LogP contribution in [0, 0.1) is 34.5 Å². The van der Waals surface area contributed by atoms with Gasteiger partial charge in [-0.3, -0.25) is 9.59 Å². The largest absolute Gasteiger partial charge is 0.457 e. The fourth-order valence-corrected chi connectivity index (χ4v) is 4.35. The van der Waals surface area contributed by atoms with E-state index in [2.05, 4.69) is 0 Å². The van der Waals surface area contributed by atoms with Gasteiger partial charge in [-0.15, -0.1) is 0 Å². The molecule has 2 saturated carbocycles. The van der Waals surface area contributed by atoms with E-state index in [1.165, 1.54) is 0 Å². The number of carbonyl (C=O) groups is 2. The van der Waals surface area contributed by atoms with Gasteiger partial charge in [0.2, 0.25) is 0 Å². The Bertz CT molecular complexity index is 466. The number of hydrogen-bond acceptors (Lipinski definition) is 4. The lowest BCUT2D eigenvalue weighted by atomic mass is 9.39. The Labute approximate surface area is 99.9 Å². The summed E-state index contributed by atoms with van der Waals surface area (Å²) in [5.41, 5.74) is -1.22. The summed E-state index contributed by atoms with van der Waals surface area (Å²) in [4.78, 5) is 23.8. The van der Waals surface area contributed by atoms with Crippen LogP contribution in [-0.2, 0) is 14.3 Å². The molecule has 0 radical (unpaired) electrons. The second-order valence-electron chi connectivity index (χ2n) is 5.82. The van der Waals surface area contributed by atoms with Crippen LogP contribution in [0.3, 0.4) is 0 Å². The normalized spacial score (nSPS) is 51.9. The fraction of sp³-hybridized carbons (Fsp3) is 0.769. The third kappa shape index (κ3) is 0.910. The van der Waals surface area contributed by atoms with Crippen molar-refractivity contribution < 1.29 is 14.3 Å². The number of Topliss-reactive ketones (excluding diaryl/α,β-unsaturated/α-hetero) is 1. The molecule has 1 aliphatic heterocycles. The molecule has 0 unspecified atom stereocenters. The molecule has 0 bridgehead atoms. The monoisotopic (exact) mass is 233 g/mol. The Hall–Kier alpha value is -1.37. The maximum absolute atomic E-state index is 12.0. The molecule has 1 heterocycles. The van der Waals surface area contributed by atoms with E-state index in [1.807, 2.05) is 19.9 Å². The average Bonchev–Trinajstić information content (AvgIpc) is 2.43. The first-order chi connectivity index (χ1) is 7.96. The van der Waals surface area contributed by atoms with Gasteiger partial charge in [0.15, 0.2) is 5.92 Å². The zero-order valence-electron chi connectivity index (χ0n) is 10.0. The number of nitrogens with zero attached hydrogens (tertiary/aromatic N) is 1. The summed E-state index contributed by atoms with van der Waals surface area (Å²) in [5.74, 6) is -1.05. The fourth-order valence-electron chi connectivity index (χ4n) is 4.35. The Balaban J connectivity index is 2.09. The van der Waals surface area contributed by atoms with Crippen LogP contribution in [0.25, 0.3) is 0 Å². The molecule has 0 spiro atoms. The van der Waals surface area contributed by atoms with Crippen molar-refractivity contribution in [3.8, 4) is 6.07 Å². The van der Waals surface area contributed by atoms with Gasteiger partial charge in [-0.1, -0.05) is 6.92 Å².